The van der Waals surface area contributed by atoms with Gasteiger partial charge in [-0.05, 0) is 136 Å². The number of benzene rings is 9. The van der Waals surface area contributed by atoms with E-state index in [9.17, 15) is 0 Å². The van der Waals surface area contributed by atoms with Gasteiger partial charge in [0.2, 0.25) is 0 Å². The highest BCUT2D eigenvalue weighted by molar-refractivity contribution is 7.99. The Hall–Kier alpha value is -6.55. The van der Waals surface area contributed by atoms with Crippen LogP contribution in [0, 0.1) is 6.92 Å². The number of rotatable bonds is 7. The van der Waals surface area contributed by atoms with Gasteiger partial charge in [-0.2, -0.15) is 0 Å². The minimum atomic E-state index is 1.13. The van der Waals surface area contributed by atoms with Crippen LogP contribution < -0.4 is 9.80 Å². The number of nitrogens with zero attached hydrogens (tertiary/aromatic N) is 2. The van der Waals surface area contributed by atoms with Gasteiger partial charge in [-0.1, -0.05) is 127 Å². The van der Waals surface area contributed by atoms with Crippen LogP contribution in [0.5, 0.6) is 0 Å². The van der Waals surface area contributed by atoms with E-state index in [0.29, 0.717) is 0 Å². The average molecular weight is 709 g/mol. The lowest BCUT2D eigenvalue weighted by molar-refractivity contribution is 1.26. The highest BCUT2D eigenvalue weighted by atomic mass is 32.2. The van der Waals surface area contributed by atoms with Gasteiger partial charge in [-0.15, -0.1) is 0 Å². The molecule has 2 nitrogen and oxygen atoms in total. The quantitative estimate of drug-likeness (QED) is 0.152. The number of hydrogen-bond donors (Lipinski definition) is 0. The monoisotopic (exact) mass is 708 g/mol. The molecular weight excluding hydrogens is 673 g/mol. The minimum absolute atomic E-state index is 1.13. The number of anilines is 6. The summed E-state index contributed by atoms with van der Waals surface area (Å²) in [5, 5.41) is 5.25. The smallest absolute Gasteiger partial charge is 0.0473 e. The van der Waals surface area contributed by atoms with Crippen molar-refractivity contribution in [3.63, 3.8) is 0 Å². The van der Waals surface area contributed by atoms with Crippen LogP contribution in [-0.2, 0) is 0 Å². The van der Waals surface area contributed by atoms with Crippen molar-refractivity contribution in [1.29, 1.82) is 0 Å². The molecule has 0 amide bonds. The Balaban J connectivity index is 1.06. The predicted octanol–water partition coefficient (Wildman–Crippen LogP) is 15.0. The van der Waals surface area contributed by atoms with Gasteiger partial charge in [-0.25, -0.2) is 0 Å². The summed E-state index contributed by atoms with van der Waals surface area (Å²) in [4.78, 5) is 7.24. The zero-order chi connectivity index (χ0) is 36.0. The molecule has 1 heterocycles. The highest BCUT2D eigenvalue weighted by Gasteiger charge is 2.25. The lowest BCUT2D eigenvalue weighted by Crippen LogP contribution is -2.10. The van der Waals surface area contributed by atoms with E-state index < -0.39 is 0 Å². The van der Waals surface area contributed by atoms with Crippen LogP contribution in [0.4, 0.5) is 34.1 Å². The molecule has 3 heteroatoms. The van der Waals surface area contributed by atoms with Crippen LogP contribution in [0.3, 0.4) is 0 Å². The zero-order valence-electron chi connectivity index (χ0n) is 29.9. The van der Waals surface area contributed by atoms with Crippen molar-refractivity contribution in [2.24, 2.45) is 0 Å². The molecule has 54 heavy (non-hydrogen) atoms. The fourth-order valence-electron chi connectivity index (χ4n) is 8.10. The van der Waals surface area contributed by atoms with E-state index in [1.54, 1.807) is 0 Å². The Labute approximate surface area is 320 Å². The Morgan fingerprint density at radius 3 is 1.43 bits per heavy atom. The van der Waals surface area contributed by atoms with E-state index >= 15 is 0 Å². The normalized spacial score (nSPS) is 11.7. The topological polar surface area (TPSA) is 6.48 Å². The molecule has 10 rings (SSSR count). The van der Waals surface area contributed by atoms with Gasteiger partial charge in [0.1, 0.15) is 0 Å². The van der Waals surface area contributed by atoms with Crippen molar-refractivity contribution in [3.8, 4) is 22.3 Å². The first-order valence-electron chi connectivity index (χ1n) is 18.4. The SMILES string of the molecule is Cc1c2c3c(cccc3c3cc(-c4ccc(N(c5ccccc5)c5ccccc5)cc4)ccc13)Sc1cc(N(c3ccccc3)c3ccccc3)ccc1-2. The summed E-state index contributed by atoms with van der Waals surface area (Å²) in [7, 11) is 0. The van der Waals surface area contributed by atoms with Gasteiger partial charge in [-0.3, -0.25) is 0 Å². The summed E-state index contributed by atoms with van der Waals surface area (Å²) in [6.45, 7) is 2.30. The second-order valence-electron chi connectivity index (χ2n) is 13.8. The average Bonchev–Trinajstić information content (AvgIpc) is 3.24. The lowest BCUT2D eigenvalue weighted by atomic mass is 9.87. The molecule has 0 aromatic heterocycles. The summed E-state index contributed by atoms with van der Waals surface area (Å²) >= 11 is 1.88. The standard InChI is InChI=1S/C51H36N2S/c1-35-44-31-27-37(36-25-28-42(29-26-36)52(38-15-6-2-7-16-38)39-17-8-3-9-18-39)33-47(44)45-23-14-24-48-51(45)50(35)46-32-30-43(34-49(46)54-48)53(40-19-10-4-11-20-40)41-21-12-5-13-22-41/h2-34H,1H3. The molecular formula is C51H36N2S. The summed E-state index contributed by atoms with van der Waals surface area (Å²) in [6.07, 6.45) is 0. The predicted molar refractivity (Wildman–Crippen MR) is 231 cm³/mol. The second-order valence-corrected chi connectivity index (χ2v) is 14.9. The number of hydrogen-bond acceptors (Lipinski definition) is 3. The highest BCUT2D eigenvalue weighted by Crippen LogP contribution is 2.53. The molecule has 1 aliphatic heterocycles. The first kappa shape index (κ1) is 32.1. The molecule has 0 N–H and O–H groups in total. The number of para-hydroxylation sites is 4. The van der Waals surface area contributed by atoms with Crippen LogP contribution >= 0.6 is 11.8 Å². The van der Waals surface area contributed by atoms with Crippen molar-refractivity contribution in [2.45, 2.75) is 16.7 Å². The van der Waals surface area contributed by atoms with Gasteiger partial charge >= 0.3 is 0 Å². The molecule has 9 aromatic rings. The van der Waals surface area contributed by atoms with Gasteiger partial charge in [0.25, 0.3) is 0 Å². The second kappa shape index (κ2) is 13.5. The molecule has 256 valence electrons. The molecule has 0 radical (unpaired) electrons. The molecule has 0 atom stereocenters. The maximum absolute atomic E-state index is 2.40. The summed E-state index contributed by atoms with van der Waals surface area (Å²) in [5.41, 5.74) is 13.2. The molecule has 0 aliphatic carbocycles. The molecule has 0 spiro atoms. The fourth-order valence-corrected chi connectivity index (χ4v) is 9.25. The van der Waals surface area contributed by atoms with Crippen LogP contribution in [0.2, 0.25) is 0 Å². The van der Waals surface area contributed by atoms with Gasteiger partial charge in [0.05, 0.1) is 0 Å². The van der Waals surface area contributed by atoms with Crippen LogP contribution in [0.15, 0.2) is 210 Å². The maximum atomic E-state index is 2.40. The first-order chi connectivity index (χ1) is 26.7. The van der Waals surface area contributed by atoms with Crippen molar-refractivity contribution in [3.05, 3.63) is 206 Å². The van der Waals surface area contributed by atoms with Crippen LogP contribution in [0.1, 0.15) is 5.56 Å². The van der Waals surface area contributed by atoms with Gasteiger partial charge in [0.15, 0.2) is 0 Å². The zero-order valence-corrected chi connectivity index (χ0v) is 30.7. The van der Waals surface area contributed by atoms with Crippen molar-refractivity contribution < 1.29 is 0 Å². The van der Waals surface area contributed by atoms with E-state index in [0.717, 1.165) is 34.1 Å². The van der Waals surface area contributed by atoms with E-state index in [-0.39, 0.29) is 0 Å². The van der Waals surface area contributed by atoms with E-state index in [1.807, 2.05) is 11.8 Å². The van der Waals surface area contributed by atoms with Gasteiger partial charge < -0.3 is 9.80 Å². The van der Waals surface area contributed by atoms with Crippen molar-refractivity contribution >= 4 is 67.4 Å². The van der Waals surface area contributed by atoms with Gasteiger partial charge in [0, 0.05) is 49.3 Å². The summed E-state index contributed by atoms with van der Waals surface area (Å²) in [5.74, 6) is 0. The molecule has 1 aliphatic rings. The van der Waals surface area contributed by atoms with Crippen molar-refractivity contribution in [1.82, 2.24) is 0 Å². The number of fused-ring (bicyclic) bond motifs is 4. The van der Waals surface area contributed by atoms with Crippen LogP contribution in [-0.4, -0.2) is 0 Å². The van der Waals surface area contributed by atoms with E-state index in [2.05, 4.69) is 217 Å². The largest absolute Gasteiger partial charge is 0.311 e. The third-order valence-corrected chi connectivity index (χ3v) is 11.7. The summed E-state index contributed by atoms with van der Waals surface area (Å²) in [6, 6.07) is 72.3. The Bertz CT molecular complexity index is 2700. The van der Waals surface area contributed by atoms with E-state index in [4.69, 9.17) is 0 Å². The Morgan fingerprint density at radius 1 is 0.352 bits per heavy atom. The Kier molecular flexibility index (Phi) is 8.00. The van der Waals surface area contributed by atoms with E-state index in [1.165, 1.54) is 59.2 Å². The van der Waals surface area contributed by atoms with Crippen molar-refractivity contribution in [2.75, 3.05) is 9.80 Å². The minimum Gasteiger partial charge on any atom is -0.311 e. The maximum Gasteiger partial charge on any atom is 0.0473 e. The number of aryl methyl sites for hydroxylation is 1. The molecule has 0 unspecified atom stereocenters. The fraction of sp³-hybridized carbons (Fsp3) is 0.0196. The molecule has 0 bridgehead atoms. The molecule has 0 fully saturated rings. The lowest BCUT2D eigenvalue weighted by Gasteiger charge is -2.28. The van der Waals surface area contributed by atoms with Crippen LogP contribution in [0.25, 0.3) is 43.8 Å². The summed E-state index contributed by atoms with van der Waals surface area (Å²) < 4.78 is 0. The molecule has 0 saturated heterocycles. The third kappa shape index (κ3) is 5.53. The third-order valence-electron chi connectivity index (χ3n) is 10.6. The Morgan fingerprint density at radius 2 is 0.852 bits per heavy atom. The molecule has 0 saturated carbocycles. The molecule has 9 aromatic carbocycles. The first-order valence-corrected chi connectivity index (χ1v) is 19.3.